The van der Waals surface area contributed by atoms with E-state index in [4.69, 9.17) is 0 Å². The highest BCUT2D eigenvalue weighted by Crippen LogP contribution is 2.43. The molecule has 9 rings (SSSR count). The summed E-state index contributed by atoms with van der Waals surface area (Å²) >= 11 is 1.89. The van der Waals surface area contributed by atoms with Crippen molar-refractivity contribution in [1.29, 1.82) is 0 Å². The van der Waals surface area contributed by atoms with Gasteiger partial charge in [-0.3, -0.25) is 16.0 Å². The summed E-state index contributed by atoms with van der Waals surface area (Å²) in [4.78, 5) is 0. The van der Waals surface area contributed by atoms with E-state index in [-0.39, 0.29) is 18.6 Å². The predicted molar refractivity (Wildman–Crippen MR) is 185 cm³/mol. The molecule has 0 bridgehead atoms. The van der Waals surface area contributed by atoms with Gasteiger partial charge in [0.1, 0.15) is 6.29 Å². The van der Waals surface area contributed by atoms with Crippen molar-refractivity contribution in [2.75, 3.05) is 0 Å². The standard InChI is InChI=1S/C39H30N4S/c1-3-12-25(13-4-1)27-16-11-17-28(24-27)38-40-37(26-14-5-2-6-15-26)41-39(42-38)43-33-20-9-7-18-29(33)31-22-23-32-30-19-8-10-21-34(30)44-36(32)35(31)43/h1-24,37-42H. The van der Waals surface area contributed by atoms with Gasteiger partial charge in [0.2, 0.25) is 0 Å². The SMILES string of the molecule is c1ccc(-c2cccc(C3NC(c4ccccc4)NC(n4c5ccccc5c5ccc6c7ccccc7sc6c54)N3)c2)cc1. The van der Waals surface area contributed by atoms with Crippen molar-refractivity contribution in [2.45, 2.75) is 18.6 Å². The van der Waals surface area contributed by atoms with Crippen LogP contribution in [0.5, 0.6) is 0 Å². The fourth-order valence-corrected chi connectivity index (χ4v) is 8.11. The van der Waals surface area contributed by atoms with Crippen molar-refractivity contribution in [2.24, 2.45) is 0 Å². The summed E-state index contributed by atoms with van der Waals surface area (Å²) in [6, 6.07) is 52.4. The Morgan fingerprint density at radius 2 is 1.11 bits per heavy atom. The van der Waals surface area contributed by atoms with Crippen LogP contribution in [0.4, 0.5) is 0 Å². The van der Waals surface area contributed by atoms with Crippen molar-refractivity contribution in [1.82, 2.24) is 20.5 Å². The number of thiophene rings is 1. The number of fused-ring (bicyclic) bond motifs is 7. The molecule has 0 amide bonds. The molecular formula is C39H30N4S. The van der Waals surface area contributed by atoms with Crippen LogP contribution < -0.4 is 16.0 Å². The van der Waals surface area contributed by atoms with E-state index in [1.807, 2.05) is 11.3 Å². The summed E-state index contributed by atoms with van der Waals surface area (Å²) < 4.78 is 5.13. The lowest BCUT2D eigenvalue weighted by molar-refractivity contribution is 0.161. The fourth-order valence-electron chi connectivity index (χ4n) is 6.87. The van der Waals surface area contributed by atoms with Crippen LogP contribution in [-0.4, -0.2) is 4.57 Å². The molecule has 3 atom stereocenters. The third kappa shape index (κ3) is 4.17. The fraction of sp³-hybridized carbons (Fsp3) is 0.0769. The summed E-state index contributed by atoms with van der Waals surface area (Å²) in [5, 5.41) is 17.0. The highest BCUT2D eigenvalue weighted by molar-refractivity contribution is 7.26. The van der Waals surface area contributed by atoms with E-state index in [0.29, 0.717) is 0 Å². The van der Waals surface area contributed by atoms with Crippen molar-refractivity contribution >= 4 is 53.3 Å². The molecule has 1 aliphatic rings. The lowest BCUT2D eigenvalue weighted by Crippen LogP contribution is -2.56. The Labute approximate surface area is 259 Å². The zero-order valence-corrected chi connectivity index (χ0v) is 24.8. The van der Waals surface area contributed by atoms with E-state index in [1.54, 1.807) is 0 Å². The van der Waals surface area contributed by atoms with Gasteiger partial charge in [-0.05, 0) is 40.5 Å². The number of nitrogens with one attached hydrogen (secondary N) is 3. The second kappa shape index (κ2) is 10.4. The van der Waals surface area contributed by atoms with Gasteiger partial charge in [0.25, 0.3) is 0 Å². The molecule has 3 N–H and O–H groups in total. The number of hydrogen-bond donors (Lipinski definition) is 3. The van der Waals surface area contributed by atoms with E-state index in [1.165, 1.54) is 64.2 Å². The van der Waals surface area contributed by atoms with Crippen LogP contribution in [0.15, 0.2) is 146 Å². The predicted octanol–water partition coefficient (Wildman–Crippen LogP) is 9.47. The molecule has 0 radical (unpaired) electrons. The summed E-state index contributed by atoms with van der Waals surface area (Å²) in [5.74, 6) is 0. The van der Waals surface area contributed by atoms with Gasteiger partial charge in [-0.1, -0.05) is 127 Å². The molecule has 1 saturated heterocycles. The van der Waals surface area contributed by atoms with Crippen molar-refractivity contribution in [3.63, 3.8) is 0 Å². The van der Waals surface area contributed by atoms with Crippen LogP contribution in [0.1, 0.15) is 29.7 Å². The molecule has 1 fully saturated rings. The molecule has 212 valence electrons. The van der Waals surface area contributed by atoms with Crippen LogP contribution in [-0.2, 0) is 0 Å². The average molecular weight is 587 g/mol. The first-order valence-corrected chi connectivity index (χ1v) is 15.9. The minimum atomic E-state index is -0.176. The topological polar surface area (TPSA) is 41.0 Å². The van der Waals surface area contributed by atoms with Gasteiger partial charge in [0.15, 0.2) is 0 Å². The first-order chi connectivity index (χ1) is 21.8. The number of hydrogen-bond acceptors (Lipinski definition) is 4. The number of benzene rings is 6. The Hall–Kier alpha value is -4.78. The Morgan fingerprint density at radius 3 is 1.95 bits per heavy atom. The summed E-state index contributed by atoms with van der Waals surface area (Å²) in [5.41, 5.74) is 7.31. The summed E-state index contributed by atoms with van der Waals surface area (Å²) in [7, 11) is 0. The highest BCUT2D eigenvalue weighted by atomic mass is 32.1. The monoisotopic (exact) mass is 586 g/mol. The molecule has 0 saturated carbocycles. The van der Waals surface area contributed by atoms with Crippen molar-refractivity contribution in [3.8, 4) is 11.1 Å². The molecule has 8 aromatic rings. The second-order valence-corrected chi connectivity index (χ2v) is 12.5. The van der Waals surface area contributed by atoms with Gasteiger partial charge >= 0.3 is 0 Å². The third-order valence-corrected chi connectivity index (χ3v) is 10.1. The molecule has 5 heteroatoms. The maximum Gasteiger partial charge on any atom is 0.142 e. The van der Waals surface area contributed by atoms with E-state index < -0.39 is 0 Å². The normalized spacial score (nSPS) is 18.9. The maximum absolute atomic E-state index is 3.98. The van der Waals surface area contributed by atoms with Gasteiger partial charge in [-0.25, -0.2) is 0 Å². The minimum Gasteiger partial charge on any atom is -0.310 e. The van der Waals surface area contributed by atoms with Crippen LogP contribution in [0.25, 0.3) is 53.1 Å². The maximum atomic E-state index is 3.98. The molecule has 0 aliphatic carbocycles. The van der Waals surface area contributed by atoms with Crippen LogP contribution >= 0.6 is 11.3 Å². The number of rotatable bonds is 4. The first-order valence-electron chi connectivity index (χ1n) is 15.1. The van der Waals surface area contributed by atoms with Gasteiger partial charge in [0.05, 0.1) is 28.1 Å². The summed E-state index contributed by atoms with van der Waals surface area (Å²) in [6.07, 6.45) is -0.330. The third-order valence-electron chi connectivity index (χ3n) is 8.92. The molecule has 1 aliphatic heterocycles. The molecule has 2 aromatic heterocycles. The van der Waals surface area contributed by atoms with E-state index in [9.17, 15) is 0 Å². The van der Waals surface area contributed by atoms with Gasteiger partial charge in [-0.15, -0.1) is 11.3 Å². The minimum absolute atomic E-state index is 0.0642. The Kier molecular flexibility index (Phi) is 6.10. The Bertz CT molecular complexity index is 2290. The molecule has 0 spiro atoms. The number of para-hydroxylation sites is 1. The Balaban J connectivity index is 1.25. The van der Waals surface area contributed by atoms with Gasteiger partial charge in [0, 0.05) is 26.2 Å². The number of aromatic nitrogens is 1. The van der Waals surface area contributed by atoms with Gasteiger partial charge < -0.3 is 4.57 Å². The zero-order valence-electron chi connectivity index (χ0n) is 23.9. The molecule has 6 aromatic carbocycles. The van der Waals surface area contributed by atoms with Crippen LogP contribution in [0.2, 0.25) is 0 Å². The second-order valence-electron chi connectivity index (χ2n) is 11.5. The smallest absolute Gasteiger partial charge is 0.142 e. The largest absolute Gasteiger partial charge is 0.310 e. The van der Waals surface area contributed by atoms with Gasteiger partial charge in [-0.2, -0.15) is 0 Å². The molecule has 3 heterocycles. The Morgan fingerprint density at radius 1 is 0.477 bits per heavy atom. The summed E-state index contributed by atoms with van der Waals surface area (Å²) in [6.45, 7) is 0. The number of nitrogens with zero attached hydrogens (tertiary/aromatic N) is 1. The average Bonchev–Trinajstić information content (AvgIpc) is 3.65. The molecule has 4 nitrogen and oxygen atoms in total. The molecular weight excluding hydrogens is 557 g/mol. The van der Waals surface area contributed by atoms with E-state index in [0.717, 1.165) is 0 Å². The first kappa shape index (κ1) is 25.7. The molecule has 44 heavy (non-hydrogen) atoms. The van der Waals surface area contributed by atoms with Crippen molar-refractivity contribution in [3.05, 3.63) is 157 Å². The van der Waals surface area contributed by atoms with Crippen molar-refractivity contribution < 1.29 is 0 Å². The van der Waals surface area contributed by atoms with E-state index in [2.05, 4.69) is 166 Å². The van der Waals surface area contributed by atoms with Crippen LogP contribution in [0, 0.1) is 0 Å². The van der Waals surface area contributed by atoms with E-state index >= 15 is 0 Å². The zero-order chi connectivity index (χ0) is 29.0. The van der Waals surface area contributed by atoms with Crippen LogP contribution in [0.3, 0.4) is 0 Å². The quantitative estimate of drug-likeness (QED) is 0.192. The lowest BCUT2D eigenvalue weighted by Gasteiger charge is -2.40. The highest BCUT2D eigenvalue weighted by Gasteiger charge is 2.32. The molecule has 3 unspecified atom stereocenters. The lowest BCUT2D eigenvalue weighted by atomic mass is 10.0.